The van der Waals surface area contributed by atoms with E-state index >= 15 is 0 Å². The summed E-state index contributed by atoms with van der Waals surface area (Å²) in [4.78, 5) is 39.1. The summed E-state index contributed by atoms with van der Waals surface area (Å²) >= 11 is 0. The van der Waals surface area contributed by atoms with Gasteiger partial charge in [0, 0.05) is 12.6 Å². The molecule has 0 spiro atoms. The molecule has 2 fully saturated rings. The minimum absolute atomic E-state index is 0.141. The van der Waals surface area contributed by atoms with Crippen molar-refractivity contribution in [3.63, 3.8) is 0 Å². The van der Waals surface area contributed by atoms with Gasteiger partial charge in [0.2, 0.25) is 13.4 Å². The molecule has 0 amide bonds. The van der Waals surface area contributed by atoms with Crippen molar-refractivity contribution in [2.45, 2.75) is 117 Å². The monoisotopic (exact) mass is 650 g/mol. The number of anilines is 2. The molecule has 2 aromatic rings. The number of nitrogens with zero attached hydrogens (tertiary/aromatic N) is 4. The maximum atomic E-state index is 14.5. The van der Waals surface area contributed by atoms with E-state index in [-0.39, 0.29) is 37.5 Å². The molecule has 2 saturated carbocycles. The minimum atomic E-state index is -3.68. The van der Waals surface area contributed by atoms with E-state index in [1.165, 1.54) is 6.42 Å². The first-order chi connectivity index (χ1) is 21.4. The molecule has 2 aliphatic carbocycles. The lowest BCUT2D eigenvalue weighted by molar-refractivity contribution is -0.149. The molecule has 2 aromatic heterocycles. The Morgan fingerprint density at radius 2 is 1.78 bits per heavy atom. The average molecular weight is 651 g/mol. The van der Waals surface area contributed by atoms with Gasteiger partial charge in [0.25, 0.3) is 0 Å². The summed E-state index contributed by atoms with van der Waals surface area (Å²) in [6.07, 6.45) is 9.08. The van der Waals surface area contributed by atoms with Crippen LogP contribution in [0.2, 0.25) is 0 Å². The van der Waals surface area contributed by atoms with E-state index in [2.05, 4.69) is 30.4 Å². The molecule has 0 radical (unpaired) electrons. The fourth-order valence-electron chi connectivity index (χ4n) is 5.37. The molecule has 5 N–H and O–H groups in total. The zero-order chi connectivity index (χ0) is 32.6. The maximum absolute atomic E-state index is 14.5. The van der Waals surface area contributed by atoms with Gasteiger partial charge in [-0.25, -0.2) is 15.2 Å². The van der Waals surface area contributed by atoms with Gasteiger partial charge < -0.3 is 29.8 Å². The number of hydrogen-bond donors (Lipinski definition) is 4. The predicted molar refractivity (Wildman–Crippen MR) is 173 cm³/mol. The van der Waals surface area contributed by atoms with Gasteiger partial charge in [0.1, 0.15) is 18.4 Å². The van der Waals surface area contributed by atoms with Crippen LogP contribution < -0.4 is 21.2 Å². The molecule has 2 unspecified atom stereocenters. The third-order valence-corrected chi connectivity index (χ3v) is 9.84. The Labute approximate surface area is 265 Å². The van der Waals surface area contributed by atoms with Gasteiger partial charge in [-0.3, -0.25) is 14.2 Å². The number of nitrogen functional groups attached to an aromatic ring is 1. The van der Waals surface area contributed by atoms with Crippen molar-refractivity contribution < 1.29 is 28.4 Å². The summed E-state index contributed by atoms with van der Waals surface area (Å²) in [5.41, 5.74) is 7.16. The molecule has 15 heteroatoms. The second-order valence-electron chi connectivity index (χ2n) is 13.0. The standard InChI is InChI=1S/C30H51N8O6P/c1-19(2)16-43-29(40)24(15-22-9-7-6-8-10-22)37-45(41,36-21(5)28(39)44-20(3)4)18-42-14-13-38-17-32-25-26(33-23-11-12-23)34-30(31)35-27(25)38/h17,19-24H,6-16,18H2,1-5H3,(H2,36,37,41)(H3,31,33,34,35)/t21-,24?,45?/m0/s1. The topological polar surface area (TPSA) is 185 Å². The number of nitrogens with one attached hydrogen (secondary N) is 3. The highest BCUT2D eigenvalue weighted by Gasteiger charge is 2.36. The van der Waals surface area contributed by atoms with Crippen molar-refractivity contribution in [2.75, 3.05) is 30.6 Å². The van der Waals surface area contributed by atoms with E-state index in [9.17, 15) is 14.2 Å². The van der Waals surface area contributed by atoms with Crippen molar-refractivity contribution in [1.82, 2.24) is 29.7 Å². The first kappa shape index (κ1) is 35.1. The molecule has 252 valence electrons. The van der Waals surface area contributed by atoms with Gasteiger partial charge in [0.05, 0.1) is 25.6 Å². The summed E-state index contributed by atoms with van der Waals surface area (Å²) in [5, 5.41) is 9.34. The smallest absolute Gasteiger partial charge is 0.323 e. The van der Waals surface area contributed by atoms with Crippen LogP contribution in [0.4, 0.5) is 11.8 Å². The Hall–Kier alpha value is -2.80. The van der Waals surface area contributed by atoms with Gasteiger partial charge in [-0.2, -0.15) is 9.97 Å². The number of fused-ring (bicyclic) bond motifs is 1. The van der Waals surface area contributed by atoms with Crippen molar-refractivity contribution in [3.8, 4) is 0 Å². The van der Waals surface area contributed by atoms with Crippen LogP contribution in [0.5, 0.6) is 0 Å². The number of carbonyl (C=O) groups excluding carboxylic acids is 2. The molecule has 14 nitrogen and oxygen atoms in total. The lowest BCUT2D eigenvalue weighted by Gasteiger charge is -2.31. The lowest BCUT2D eigenvalue weighted by Crippen LogP contribution is -2.45. The van der Waals surface area contributed by atoms with Crippen molar-refractivity contribution in [3.05, 3.63) is 6.33 Å². The Morgan fingerprint density at radius 1 is 1.04 bits per heavy atom. The highest BCUT2D eigenvalue weighted by molar-refractivity contribution is 7.59. The first-order valence-corrected chi connectivity index (χ1v) is 18.2. The van der Waals surface area contributed by atoms with E-state index in [1.54, 1.807) is 31.7 Å². The molecular formula is C30H51N8O6P. The molecular weight excluding hydrogens is 599 g/mol. The van der Waals surface area contributed by atoms with Crippen LogP contribution in [-0.2, 0) is 34.9 Å². The third kappa shape index (κ3) is 10.9. The van der Waals surface area contributed by atoms with E-state index in [0.717, 1.165) is 38.5 Å². The summed E-state index contributed by atoms with van der Waals surface area (Å²) in [6, 6.07) is -1.36. The summed E-state index contributed by atoms with van der Waals surface area (Å²) < 4.78 is 33.1. The number of aromatic nitrogens is 4. The number of rotatable bonds is 18. The summed E-state index contributed by atoms with van der Waals surface area (Å²) in [5.74, 6) is 0.213. The number of ether oxygens (including phenoxy) is 3. The van der Waals surface area contributed by atoms with E-state index in [4.69, 9.17) is 19.9 Å². The maximum Gasteiger partial charge on any atom is 0.323 e. The Balaban J connectivity index is 1.46. The summed E-state index contributed by atoms with van der Waals surface area (Å²) in [7, 11) is -3.68. The fraction of sp³-hybridized carbons (Fsp3) is 0.767. The number of imidazole rings is 1. The number of nitrogens with two attached hydrogens (primary N) is 1. The lowest BCUT2D eigenvalue weighted by atomic mass is 9.85. The number of carbonyl (C=O) groups is 2. The summed E-state index contributed by atoms with van der Waals surface area (Å²) in [6.45, 7) is 9.78. The molecule has 0 saturated heterocycles. The normalized spacial score (nSPS) is 18.6. The second-order valence-corrected chi connectivity index (χ2v) is 15.3. The van der Waals surface area contributed by atoms with E-state index in [0.29, 0.717) is 41.9 Å². The van der Waals surface area contributed by atoms with Crippen molar-refractivity contribution in [2.24, 2.45) is 11.8 Å². The van der Waals surface area contributed by atoms with Crippen LogP contribution >= 0.6 is 7.44 Å². The number of esters is 2. The van der Waals surface area contributed by atoms with Gasteiger partial charge >= 0.3 is 11.9 Å². The zero-order valence-corrected chi connectivity index (χ0v) is 28.2. The van der Waals surface area contributed by atoms with Crippen molar-refractivity contribution >= 4 is 42.3 Å². The Morgan fingerprint density at radius 3 is 2.44 bits per heavy atom. The SMILES string of the molecule is CC(C)COC(=O)C(CC1CCCCC1)NP(=O)(COCCn1cnc2c(NC3CC3)nc(N)nc21)N[C@@H](C)C(=O)OC(C)C. The zero-order valence-electron chi connectivity index (χ0n) is 27.3. The Bertz CT molecular complexity index is 1330. The van der Waals surface area contributed by atoms with Crippen LogP contribution in [-0.4, -0.2) is 75.2 Å². The Kier molecular flexibility index (Phi) is 12.6. The van der Waals surface area contributed by atoms with Gasteiger partial charge in [-0.15, -0.1) is 0 Å². The fourth-order valence-corrected chi connectivity index (χ4v) is 7.43. The predicted octanol–water partition coefficient (Wildman–Crippen LogP) is 4.21. The van der Waals surface area contributed by atoms with Crippen LogP contribution in [0.3, 0.4) is 0 Å². The van der Waals surface area contributed by atoms with Crippen LogP contribution in [0, 0.1) is 11.8 Å². The highest BCUT2D eigenvalue weighted by Crippen LogP contribution is 2.39. The van der Waals surface area contributed by atoms with Gasteiger partial charge in [-0.05, 0) is 51.9 Å². The third-order valence-electron chi connectivity index (χ3n) is 7.76. The van der Waals surface area contributed by atoms with Gasteiger partial charge in [-0.1, -0.05) is 46.0 Å². The molecule has 3 atom stereocenters. The molecule has 0 bridgehead atoms. The largest absolute Gasteiger partial charge is 0.464 e. The minimum Gasteiger partial charge on any atom is -0.464 e. The van der Waals surface area contributed by atoms with Crippen LogP contribution in [0.1, 0.15) is 86.0 Å². The quantitative estimate of drug-likeness (QED) is 0.102. The first-order valence-electron chi connectivity index (χ1n) is 16.3. The van der Waals surface area contributed by atoms with Crippen LogP contribution in [0.15, 0.2) is 6.33 Å². The highest BCUT2D eigenvalue weighted by atomic mass is 31.2. The average Bonchev–Trinajstić information content (AvgIpc) is 3.71. The van der Waals surface area contributed by atoms with Crippen molar-refractivity contribution in [1.29, 1.82) is 0 Å². The van der Waals surface area contributed by atoms with Gasteiger partial charge in [0.15, 0.2) is 17.0 Å². The molecule has 4 rings (SSSR count). The van der Waals surface area contributed by atoms with E-state index < -0.39 is 31.5 Å². The van der Waals surface area contributed by atoms with Crippen LogP contribution in [0.25, 0.3) is 11.2 Å². The number of hydrogen-bond acceptors (Lipinski definition) is 11. The second kappa shape index (κ2) is 16.2. The molecule has 0 aromatic carbocycles. The molecule has 45 heavy (non-hydrogen) atoms. The molecule has 2 aliphatic rings. The van der Waals surface area contributed by atoms with E-state index in [1.807, 2.05) is 13.8 Å². The molecule has 2 heterocycles. The molecule has 0 aliphatic heterocycles.